The first-order valence-corrected chi connectivity index (χ1v) is 12.0. The van der Waals surface area contributed by atoms with Crippen molar-refractivity contribution < 1.29 is 18.8 Å². The highest BCUT2D eigenvalue weighted by Crippen LogP contribution is 2.23. The van der Waals surface area contributed by atoms with Gasteiger partial charge in [-0.15, -0.1) is 0 Å². The number of ether oxygens (including phenoxy) is 2. The van der Waals surface area contributed by atoms with E-state index in [1.54, 1.807) is 14.2 Å². The molecule has 1 atom stereocenters. The van der Waals surface area contributed by atoms with E-state index in [-0.39, 0.29) is 18.4 Å². The van der Waals surface area contributed by atoms with Gasteiger partial charge in [-0.1, -0.05) is 53.7 Å². The molecule has 7 heteroatoms. The number of para-hydroxylation sites is 1. The van der Waals surface area contributed by atoms with Gasteiger partial charge in [0.15, 0.2) is 0 Å². The summed E-state index contributed by atoms with van der Waals surface area (Å²) in [6.07, 6.45) is 1.33. The Morgan fingerprint density at radius 1 is 0.944 bits per heavy atom. The number of hydrogen-bond acceptors (Lipinski definition) is 6. The first-order chi connectivity index (χ1) is 17.6. The van der Waals surface area contributed by atoms with Crippen LogP contribution in [0.4, 0.5) is 0 Å². The second-order valence-electron chi connectivity index (χ2n) is 8.61. The zero-order valence-corrected chi connectivity index (χ0v) is 20.9. The number of hydrogen-bond donors (Lipinski definition) is 0. The molecule has 7 nitrogen and oxygen atoms in total. The third-order valence-electron chi connectivity index (χ3n) is 6.13. The molecule has 0 aliphatic heterocycles. The lowest BCUT2D eigenvalue weighted by atomic mass is 10.0. The summed E-state index contributed by atoms with van der Waals surface area (Å²) in [7, 11) is 3.29. The fraction of sp³-hybridized carbons (Fsp3) is 0.276. The third-order valence-corrected chi connectivity index (χ3v) is 6.13. The largest absolute Gasteiger partial charge is 0.497 e. The number of aromatic nitrogens is 2. The first-order valence-electron chi connectivity index (χ1n) is 12.0. The number of rotatable bonds is 11. The van der Waals surface area contributed by atoms with Crippen molar-refractivity contribution in [3.63, 3.8) is 0 Å². The minimum absolute atomic E-state index is 0.0328. The van der Waals surface area contributed by atoms with Gasteiger partial charge in [0.25, 0.3) is 0 Å². The second kappa shape index (κ2) is 12.0. The quantitative estimate of drug-likeness (QED) is 0.285. The van der Waals surface area contributed by atoms with Crippen LogP contribution in [0, 0.1) is 0 Å². The van der Waals surface area contributed by atoms with Gasteiger partial charge in [-0.25, -0.2) is 0 Å². The predicted octanol–water partition coefficient (Wildman–Crippen LogP) is 5.35. The van der Waals surface area contributed by atoms with Crippen molar-refractivity contribution in [2.24, 2.45) is 0 Å². The van der Waals surface area contributed by atoms with Gasteiger partial charge >= 0.3 is 0 Å². The molecule has 0 fully saturated rings. The summed E-state index contributed by atoms with van der Waals surface area (Å²) in [6.45, 7) is 2.60. The maximum absolute atomic E-state index is 13.4. The molecule has 0 saturated carbocycles. The maximum Gasteiger partial charge on any atom is 0.227 e. The molecule has 1 heterocycles. The van der Waals surface area contributed by atoms with Crippen LogP contribution in [0.15, 0.2) is 83.4 Å². The highest BCUT2D eigenvalue weighted by molar-refractivity contribution is 5.76. The molecule has 186 valence electrons. The molecule has 1 amide bonds. The fourth-order valence-corrected chi connectivity index (χ4v) is 4.14. The fourth-order valence-electron chi connectivity index (χ4n) is 4.14. The smallest absolute Gasteiger partial charge is 0.227 e. The van der Waals surface area contributed by atoms with E-state index in [4.69, 9.17) is 14.0 Å². The van der Waals surface area contributed by atoms with E-state index in [2.05, 4.69) is 17.1 Å². The minimum Gasteiger partial charge on any atom is -0.497 e. The van der Waals surface area contributed by atoms with E-state index < -0.39 is 0 Å². The van der Waals surface area contributed by atoms with Gasteiger partial charge in [-0.3, -0.25) is 4.79 Å². The van der Waals surface area contributed by atoms with E-state index in [1.165, 1.54) is 0 Å². The van der Waals surface area contributed by atoms with Crippen molar-refractivity contribution in [1.29, 1.82) is 0 Å². The highest BCUT2D eigenvalue weighted by Gasteiger charge is 2.23. The van der Waals surface area contributed by atoms with Gasteiger partial charge in [0.05, 0.1) is 14.2 Å². The van der Waals surface area contributed by atoms with Crippen LogP contribution in [0.5, 0.6) is 11.5 Å². The average molecular weight is 486 g/mol. The Balaban J connectivity index is 1.45. The van der Waals surface area contributed by atoms with Gasteiger partial charge in [0.2, 0.25) is 17.6 Å². The molecule has 3 aromatic carbocycles. The summed E-state index contributed by atoms with van der Waals surface area (Å²) in [4.78, 5) is 19.8. The van der Waals surface area contributed by atoms with Gasteiger partial charge in [-0.2, -0.15) is 4.98 Å². The number of nitrogens with zero attached hydrogens (tertiary/aromatic N) is 3. The molecular formula is C29H31N3O4. The Hall–Kier alpha value is -4.13. The van der Waals surface area contributed by atoms with Crippen molar-refractivity contribution in [1.82, 2.24) is 15.0 Å². The van der Waals surface area contributed by atoms with E-state index in [0.29, 0.717) is 31.1 Å². The molecule has 0 aliphatic rings. The molecule has 0 radical (unpaired) electrons. The van der Waals surface area contributed by atoms with Crippen LogP contribution in [0.25, 0.3) is 11.4 Å². The van der Waals surface area contributed by atoms with Crippen molar-refractivity contribution >= 4 is 5.91 Å². The lowest BCUT2D eigenvalue weighted by molar-refractivity contribution is -0.134. The van der Waals surface area contributed by atoms with Gasteiger partial charge in [0, 0.05) is 31.0 Å². The number of carbonyl (C=O) groups excluding carboxylic acids is 1. The second-order valence-corrected chi connectivity index (χ2v) is 8.61. The summed E-state index contributed by atoms with van der Waals surface area (Å²) in [5.41, 5.74) is 2.98. The maximum atomic E-state index is 13.4. The summed E-state index contributed by atoms with van der Waals surface area (Å²) >= 11 is 0. The standard InChI is InChI=1S/C29H31N3O4/c1-21(19-24-11-7-8-12-26(24)35-3)32(20-22-9-5-4-6-10-22)28(33)18-17-27-30-29(31-36-27)23-13-15-25(34-2)16-14-23/h4-16,21H,17-20H2,1-3H3. The SMILES string of the molecule is COc1ccc(-c2noc(CCC(=O)N(Cc3ccccc3)C(C)Cc3ccccc3OC)n2)cc1. The summed E-state index contributed by atoms with van der Waals surface area (Å²) in [6, 6.07) is 25.4. The van der Waals surface area contributed by atoms with Crippen LogP contribution in [-0.2, 0) is 24.2 Å². The van der Waals surface area contributed by atoms with E-state index >= 15 is 0 Å². The van der Waals surface area contributed by atoms with E-state index in [0.717, 1.165) is 28.2 Å². The van der Waals surface area contributed by atoms with Gasteiger partial charge in [0.1, 0.15) is 11.5 Å². The van der Waals surface area contributed by atoms with Crippen LogP contribution in [-0.4, -0.2) is 41.2 Å². The van der Waals surface area contributed by atoms with Crippen LogP contribution in [0.3, 0.4) is 0 Å². The number of methoxy groups -OCH3 is 2. The Morgan fingerprint density at radius 2 is 1.67 bits per heavy atom. The molecule has 1 aromatic heterocycles. The van der Waals surface area contributed by atoms with Crippen molar-refractivity contribution in [3.8, 4) is 22.9 Å². The topological polar surface area (TPSA) is 77.7 Å². The molecule has 0 N–H and O–H groups in total. The summed E-state index contributed by atoms with van der Waals surface area (Å²) in [5.74, 6) is 2.55. The third kappa shape index (κ3) is 6.30. The van der Waals surface area contributed by atoms with Crippen molar-refractivity contribution in [3.05, 3.63) is 95.9 Å². The number of amides is 1. The Morgan fingerprint density at radius 3 is 2.39 bits per heavy atom. The molecular weight excluding hydrogens is 454 g/mol. The minimum atomic E-state index is -0.0356. The number of benzene rings is 3. The van der Waals surface area contributed by atoms with Crippen molar-refractivity contribution in [2.75, 3.05) is 14.2 Å². The highest BCUT2D eigenvalue weighted by atomic mass is 16.5. The predicted molar refractivity (Wildman–Crippen MR) is 138 cm³/mol. The molecule has 0 aliphatic carbocycles. The zero-order chi connectivity index (χ0) is 25.3. The monoisotopic (exact) mass is 485 g/mol. The molecule has 0 spiro atoms. The lowest BCUT2D eigenvalue weighted by Crippen LogP contribution is -2.39. The number of aryl methyl sites for hydroxylation is 1. The van der Waals surface area contributed by atoms with Gasteiger partial charge < -0.3 is 18.9 Å². The molecule has 0 saturated heterocycles. The lowest BCUT2D eigenvalue weighted by Gasteiger charge is -2.30. The molecule has 36 heavy (non-hydrogen) atoms. The van der Waals surface area contributed by atoms with E-state index in [1.807, 2.05) is 83.8 Å². The Kier molecular flexibility index (Phi) is 8.34. The van der Waals surface area contributed by atoms with E-state index in [9.17, 15) is 4.79 Å². The van der Waals surface area contributed by atoms with Crippen LogP contribution < -0.4 is 9.47 Å². The zero-order valence-electron chi connectivity index (χ0n) is 20.9. The normalized spacial score (nSPS) is 11.6. The van der Waals surface area contributed by atoms with Gasteiger partial charge in [-0.05, 0) is 54.8 Å². The molecule has 1 unspecified atom stereocenters. The average Bonchev–Trinajstić information content (AvgIpc) is 3.40. The first kappa shape index (κ1) is 25.0. The van der Waals surface area contributed by atoms with Crippen LogP contribution >= 0.6 is 0 Å². The summed E-state index contributed by atoms with van der Waals surface area (Å²) in [5, 5.41) is 4.08. The Bertz CT molecular complexity index is 1260. The number of carbonyl (C=O) groups is 1. The molecule has 0 bridgehead atoms. The van der Waals surface area contributed by atoms with Crippen LogP contribution in [0.2, 0.25) is 0 Å². The molecule has 4 rings (SSSR count). The summed E-state index contributed by atoms with van der Waals surface area (Å²) < 4.78 is 16.2. The molecule has 4 aromatic rings. The van der Waals surface area contributed by atoms with Crippen LogP contribution in [0.1, 0.15) is 30.4 Å². The Labute approximate surface area is 211 Å². The van der Waals surface area contributed by atoms with Crippen molar-refractivity contribution in [2.45, 2.75) is 38.8 Å².